The molecular weight excluding hydrogens is 368 g/mol. The third kappa shape index (κ3) is 7.85. The molecule has 2 aromatic heterocycles. The average Bonchev–Trinajstić information content (AvgIpc) is 3.05. The number of rotatable bonds is 14. The van der Waals surface area contributed by atoms with Crippen LogP contribution in [0.1, 0.15) is 68.1 Å². The minimum absolute atomic E-state index is 0.0870. The maximum Gasteiger partial charge on any atom is 0.270 e. The highest BCUT2D eigenvalue weighted by Crippen LogP contribution is 2.11. The Bertz CT molecular complexity index is 773. The molecule has 2 heterocycles. The van der Waals surface area contributed by atoms with Gasteiger partial charge in [-0.25, -0.2) is 4.98 Å². The van der Waals surface area contributed by atoms with Gasteiger partial charge in [0.05, 0.1) is 5.69 Å². The number of carbonyl (C=O) groups is 2. The number of ether oxygens (including phenoxy) is 1. The van der Waals surface area contributed by atoms with E-state index in [0.29, 0.717) is 31.8 Å². The van der Waals surface area contributed by atoms with Gasteiger partial charge in [-0.15, -0.1) is 0 Å². The Morgan fingerprint density at radius 1 is 1.03 bits per heavy atom. The lowest BCUT2D eigenvalue weighted by Gasteiger charge is -2.07. The van der Waals surface area contributed by atoms with E-state index in [1.54, 1.807) is 0 Å². The van der Waals surface area contributed by atoms with Crippen molar-refractivity contribution in [2.24, 2.45) is 0 Å². The number of imidazole rings is 1. The fraction of sp³-hybridized carbons (Fsp3) is 0.591. The first-order valence-electron chi connectivity index (χ1n) is 10.7. The van der Waals surface area contributed by atoms with Gasteiger partial charge in [0.25, 0.3) is 5.91 Å². The lowest BCUT2D eigenvalue weighted by Crippen LogP contribution is -2.26. The Balaban J connectivity index is 1.53. The molecule has 29 heavy (non-hydrogen) atoms. The normalized spacial score (nSPS) is 11.0. The van der Waals surface area contributed by atoms with E-state index in [2.05, 4.69) is 22.5 Å². The highest BCUT2D eigenvalue weighted by molar-refractivity contribution is 5.94. The van der Waals surface area contributed by atoms with Gasteiger partial charge in [-0.1, -0.05) is 25.8 Å². The Labute approximate surface area is 173 Å². The number of carbonyl (C=O) groups excluding carboxylic acids is 2. The molecule has 2 amide bonds. The number of hydrogen-bond acceptors (Lipinski definition) is 4. The van der Waals surface area contributed by atoms with Crippen LogP contribution in [-0.4, -0.2) is 47.5 Å². The molecule has 0 aromatic carbocycles. The highest BCUT2D eigenvalue weighted by atomic mass is 16.5. The fourth-order valence-corrected chi connectivity index (χ4v) is 3.10. The van der Waals surface area contributed by atoms with Gasteiger partial charge in [-0.2, -0.15) is 0 Å². The van der Waals surface area contributed by atoms with Crippen LogP contribution in [0.25, 0.3) is 5.65 Å². The van der Waals surface area contributed by atoms with E-state index in [0.717, 1.165) is 56.5 Å². The molecule has 0 saturated carbocycles. The van der Waals surface area contributed by atoms with Crippen LogP contribution in [-0.2, 0) is 9.53 Å². The molecular formula is C22H34N4O3. The second kappa shape index (κ2) is 12.9. The number of aryl methyl sites for hydroxylation is 1. The van der Waals surface area contributed by atoms with Crippen LogP contribution in [0.2, 0.25) is 0 Å². The van der Waals surface area contributed by atoms with E-state index >= 15 is 0 Å². The standard InChI is InChI=1S/C22H34N4O3/c1-3-4-16-29-17-10-14-23-20(27)12-6-5-8-13-24-22(28)21-18(2)25-19-11-7-9-15-26(19)21/h7,9,11,15H,3-6,8,10,12-14,16-17H2,1-2H3,(H,23,27)(H,24,28). The van der Waals surface area contributed by atoms with E-state index in [1.807, 2.05) is 35.7 Å². The maximum atomic E-state index is 12.5. The predicted octanol–water partition coefficient (Wildman–Crippen LogP) is 3.26. The van der Waals surface area contributed by atoms with E-state index in [9.17, 15) is 9.59 Å². The van der Waals surface area contributed by atoms with Crippen LogP contribution < -0.4 is 10.6 Å². The number of hydrogen-bond donors (Lipinski definition) is 2. The second-order valence-corrected chi connectivity index (χ2v) is 7.21. The summed E-state index contributed by atoms with van der Waals surface area (Å²) in [6.45, 7) is 6.75. The van der Waals surface area contributed by atoms with Crippen LogP contribution in [0.4, 0.5) is 0 Å². The summed E-state index contributed by atoms with van der Waals surface area (Å²) in [6, 6.07) is 5.67. The minimum Gasteiger partial charge on any atom is -0.381 e. The number of nitrogens with zero attached hydrogens (tertiary/aromatic N) is 2. The van der Waals surface area contributed by atoms with Crippen LogP contribution in [0.5, 0.6) is 0 Å². The molecule has 0 aliphatic heterocycles. The van der Waals surface area contributed by atoms with Crippen LogP contribution in [0, 0.1) is 6.92 Å². The lowest BCUT2D eigenvalue weighted by molar-refractivity contribution is -0.121. The summed E-state index contributed by atoms with van der Waals surface area (Å²) in [5.41, 5.74) is 2.08. The number of unbranched alkanes of at least 4 members (excludes halogenated alkanes) is 3. The van der Waals surface area contributed by atoms with Crippen molar-refractivity contribution in [3.8, 4) is 0 Å². The summed E-state index contributed by atoms with van der Waals surface area (Å²) >= 11 is 0. The van der Waals surface area contributed by atoms with E-state index in [-0.39, 0.29) is 11.8 Å². The molecule has 2 aromatic rings. The van der Waals surface area contributed by atoms with Gasteiger partial charge in [-0.05, 0) is 44.7 Å². The van der Waals surface area contributed by atoms with Crippen LogP contribution in [0.15, 0.2) is 24.4 Å². The molecule has 0 saturated heterocycles. The van der Waals surface area contributed by atoms with Gasteiger partial charge in [-0.3, -0.25) is 14.0 Å². The molecule has 7 nitrogen and oxygen atoms in total. The van der Waals surface area contributed by atoms with E-state index < -0.39 is 0 Å². The molecule has 0 aliphatic rings. The smallest absolute Gasteiger partial charge is 0.270 e. The van der Waals surface area contributed by atoms with Crippen molar-refractivity contribution in [3.63, 3.8) is 0 Å². The minimum atomic E-state index is -0.111. The summed E-state index contributed by atoms with van der Waals surface area (Å²) < 4.78 is 7.28. The molecule has 0 aliphatic carbocycles. The van der Waals surface area contributed by atoms with Crippen molar-refractivity contribution in [3.05, 3.63) is 35.8 Å². The molecule has 7 heteroatoms. The van der Waals surface area contributed by atoms with E-state index in [4.69, 9.17) is 4.74 Å². The van der Waals surface area contributed by atoms with Gasteiger partial charge in [0.2, 0.25) is 5.91 Å². The first-order valence-corrected chi connectivity index (χ1v) is 10.7. The zero-order valence-electron chi connectivity index (χ0n) is 17.7. The highest BCUT2D eigenvalue weighted by Gasteiger charge is 2.15. The van der Waals surface area contributed by atoms with Gasteiger partial charge in [0, 0.05) is 38.9 Å². The summed E-state index contributed by atoms with van der Waals surface area (Å²) in [5.74, 6) is -0.0240. The summed E-state index contributed by atoms with van der Waals surface area (Å²) in [7, 11) is 0. The summed E-state index contributed by atoms with van der Waals surface area (Å²) in [6.07, 6.45) is 8.02. The zero-order valence-corrected chi connectivity index (χ0v) is 17.7. The molecule has 0 radical (unpaired) electrons. The van der Waals surface area contributed by atoms with Crippen molar-refractivity contribution in [1.82, 2.24) is 20.0 Å². The molecule has 0 atom stereocenters. The Hall–Kier alpha value is -2.41. The van der Waals surface area contributed by atoms with Gasteiger partial charge in [0.1, 0.15) is 11.3 Å². The Kier molecular flexibility index (Phi) is 10.2. The molecule has 160 valence electrons. The van der Waals surface area contributed by atoms with Gasteiger partial charge in [0.15, 0.2) is 0 Å². The summed E-state index contributed by atoms with van der Waals surface area (Å²) in [5, 5.41) is 5.88. The van der Waals surface area contributed by atoms with Crippen molar-refractivity contribution >= 4 is 17.5 Å². The van der Waals surface area contributed by atoms with E-state index in [1.165, 1.54) is 0 Å². The lowest BCUT2D eigenvalue weighted by atomic mass is 10.2. The SMILES string of the molecule is CCCCOCCCNC(=O)CCCCCNC(=O)c1c(C)nc2ccccn12. The molecule has 2 rings (SSSR count). The van der Waals surface area contributed by atoms with Crippen molar-refractivity contribution in [2.45, 2.75) is 58.8 Å². The number of aromatic nitrogens is 2. The quantitative estimate of drug-likeness (QED) is 0.475. The monoisotopic (exact) mass is 402 g/mol. The molecule has 0 bridgehead atoms. The van der Waals surface area contributed by atoms with Gasteiger partial charge < -0.3 is 15.4 Å². The molecule has 2 N–H and O–H groups in total. The molecule has 0 spiro atoms. The second-order valence-electron chi connectivity index (χ2n) is 7.21. The number of pyridine rings is 1. The van der Waals surface area contributed by atoms with Crippen molar-refractivity contribution < 1.29 is 14.3 Å². The first kappa shape index (κ1) is 22.9. The average molecular weight is 403 g/mol. The number of nitrogens with one attached hydrogen (secondary N) is 2. The largest absolute Gasteiger partial charge is 0.381 e. The molecule has 0 fully saturated rings. The summed E-state index contributed by atoms with van der Waals surface area (Å²) in [4.78, 5) is 28.7. The fourth-order valence-electron chi connectivity index (χ4n) is 3.10. The van der Waals surface area contributed by atoms with Crippen molar-refractivity contribution in [1.29, 1.82) is 0 Å². The first-order chi connectivity index (χ1) is 14.1. The Morgan fingerprint density at radius 3 is 2.66 bits per heavy atom. The third-order valence-corrected chi connectivity index (χ3v) is 4.72. The van der Waals surface area contributed by atoms with Crippen LogP contribution >= 0.6 is 0 Å². The van der Waals surface area contributed by atoms with Gasteiger partial charge >= 0.3 is 0 Å². The number of fused-ring (bicyclic) bond motifs is 1. The maximum absolute atomic E-state index is 12.5. The Morgan fingerprint density at radius 2 is 1.83 bits per heavy atom. The number of amides is 2. The topological polar surface area (TPSA) is 84.7 Å². The van der Waals surface area contributed by atoms with Crippen molar-refractivity contribution in [2.75, 3.05) is 26.3 Å². The van der Waals surface area contributed by atoms with Crippen LogP contribution in [0.3, 0.4) is 0 Å². The zero-order chi connectivity index (χ0) is 20.9. The molecule has 0 unspecified atom stereocenters. The third-order valence-electron chi connectivity index (χ3n) is 4.72. The predicted molar refractivity (Wildman–Crippen MR) is 114 cm³/mol.